The number of hydrogen-bond acceptors (Lipinski definition) is 4. The minimum Gasteiger partial charge on any atom is -0.508 e. The van der Waals surface area contributed by atoms with Gasteiger partial charge in [0.25, 0.3) is 5.91 Å². The van der Waals surface area contributed by atoms with Crippen molar-refractivity contribution in [3.63, 3.8) is 0 Å². The zero-order chi connectivity index (χ0) is 15.0. The molecule has 5 nitrogen and oxygen atoms in total. The Morgan fingerprint density at radius 1 is 1.19 bits per heavy atom. The number of phenolic OH excluding ortho intramolecular Hbond substituents is 2. The van der Waals surface area contributed by atoms with Gasteiger partial charge in [0.2, 0.25) is 0 Å². The van der Waals surface area contributed by atoms with Gasteiger partial charge in [-0.15, -0.1) is 0 Å². The van der Waals surface area contributed by atoms with Crippen LogP contribution in [0.15, 0.2) is 36.4 Å². The average Bonchev–Trinajstić information content (AvgIpc) is 2.80. The van der Waals surface area contributed by atoms with Crippen LogP contribution in [0.1, 0.15) is 33.9 Å². The molecule has 0 fully saturated rings. The molecular formula is C16H16N2O3. The first-order valence-corrected chi connectivity index (χ1v) is 6.76. The third kappa shape index (κ3) is 2.50. The molecule has 5 heteroatoms. The molecule has 5 N–H and O–H groups in total. The first-order chi connectivity index (χ1) is 10.0. The molecule has 3 rings (SSSR count). The number of benzene rings is 2. The van der Waals surface area contributed by atoms with Crippen molar-refractivity contribution in [2.24, 2.45) is 0 Å². The third-order valence-corrected chi connectivity index (χ3v) is 3.78. The number of nitrogen functional groups attached to an aromatic ring is 1. The lowest BCUT2D eigenvalue weighted by atomic mass is 10.1. The fraction of sp³-hybridized carbons (Fsp3) is 0.188. The van der Waals surface area contributed by atoms with Crippen LogP contribution in [0.4, 0.5) is 5.69 Å². The number of nitrogens with one attached hydrogen (secondary N) is 1. The van der Waals surface area contributed by atoms with Crippen LogP contribution in [0.2, 0.25) is 0 Å². The minimum atomic E-state index is -0.359. The highest BCUT2D eigenvalue weighted by Crippen LogP contribution is 2.33. The van der Waals surface area contributed by atoms with Crippen LogP contribution in [-0.2, 0) is 6.42 Å². The zero-order valence-electron chi connectivity index (χ0n) is 11.3. The number of fused-ring (bicyclic) bond motifs is 1. The third-order valence-electron chi connectivity index (χ3n) is 3.78. The summed E-state index contributed by atoms with van der Waals surface area (Å²) in [6.07, 6.45) is 1.68. The highest BCUT2D eigenvalue weighted by atomic mass is 16.3. The molecule has 0 saturated heterocycles. The fourth-order valence-corrected chi connectivity index (χ4v) is 2.74. The van der Waals surface area contributed by atoms with Gasteiger partial charge in [-0.05, 0) is 48.2 Å². The Kier molecular flexibility index (Phi) is 3.17. The van der Waals surface area contributed by atoms with Crippen LogP contribution < -0.4 is 11.1 Å². The second kappa shape index (κ2) is 5.01. The van der Waals surface area contributed by atoms with Gasteiger partial charge < -0.3 is 21.3 Å². The molecule has 1 aliphatic rings. The molecule has 0 aliphatic heterocycles. The number of hydrogen-bond donors (Lipinski definition) is 4. The Labute approximate surface area is 122 Å². The number of carbonyl (C=O) groups excluding carboxylic acids is 1. The number of aromatic hydroxyl groups is 2. The number of rotatable bonds is 2. The van der Waals surface area contributed by atoms with Crippen LogP contribution in [0.25, 0.3) is 0 Å². The molecule has 0 saturated carbocycles. The predicted molar refractivity (Wildman–Crippen MR) is 79.2 cm³/mol. The van der Waals surface area contributed by atoms with E-state index in [1.165, 1.54) is 12.1 Å². The minimum absolute atomic E-state index is 0.0780. The van der Waals surface area contributed by atoms with Gasteiger partial charge in [-0.3, -0.25) is 4.79 Å². The van der Waals surface area contributed by atoms with E-state index in [1.54, 1.807) is 0 Å². The van der Waals surface area contributed by atoms with Gasteiger partial charge in [-0.1, -0.05) is 6.07 Å². The van der Waals surface area contributed by atoms with E-state index in [1.807, 2.05) is 18.2 Å². The molecule has 2 aromatic carbocycles. The normalized spacial score (nSPS) is 16.5. The van der Waals surface area contributed by atoms with Crippen molar-refractivity contribution >= 4 is 11.6 Å². The van der Waals surface area contributed by atoms with E-state index in [4.69, 9.17) is 5.73 Å². The van der Waals surface area contributed by atoms with Crippen molar-refractivity contribution < 1.29 is 15.0 Å². The molecular weight excluding hydrogens is 268 g/mol. The molecule has 0 heterocycles. The van der Waals surface area contributed by atoms with Gasteiger partial charge in [-0.25, -0.2) is 0 Å². The summed E-state index contributed by atoms with van der Waals surface area (Å²) in [4.78, 5) is 12.2. The van der Waals surface area contributed by atoms with Crippen molar-refractivity contribution in [2.45, 2.75) is 18.9 Å². The van der Waals surface area contributed by atoms with Crippen molar-refractivity contribution in [3.8, 4) is 11.5 Å². The molecule has 2 aromatic rings. The van der Waals surface area contributed by atoms with Gasteiger partial charge in [0.05, 0.1) is 11.6 Å². The molecule has 0 bridgehead atoms. The smallest absolute Gasteiger partial charge is 0.255 e. The van der Waals surface area contributed by atoms with E-state index < -0.39 is 0 Å². The highest BCUT2D eigenvalue weighted by Gasteiger charge is 2.25. The van der Waals surface area contributed by atoms with Crippen molar-refractivity contribution in [1.82, 2.24) is 5.32 Å². The summed E-state index contributed by atoms with van der Waals surface area (Å²) in [5.41, 5.74) is 8.84. The van der Waals surface area contributed by atoms with E-state index in [2.05, 4.69) is 5.32 Å². The van der Waals surface area contributed by atoms with Gasteiger partial charge >= 0.3 is 0 Å². The Balaban J connectivity index is 1.81. The number of aryl methyl sites for hydroxylation is 1. The lowest BCUT2D eigenvalue weighted by molar-refractivity contribution is 0.0934. The first kappa shape index (κ1) is 13.3. The monoisotopic (exact) mass is 284 g/mol. The Morgan fingerprint density at radius 2 is 2.00 bits per heavy atom. The summed E-state index contributed by atoms with van der Waals surface area (Å²) in [5, 5.41) is 21.9. The lowest BCUT2D eigenvalue weighted by Gasteiger charge is -2.15. The summed E-state index contributed by atoms with van der Waals surface area (Å²) in [7, 11) is 0. The maximum Gasteiger partial charge on any atom is 0.255 e. The lowest BCUT2D eigenvalue weighted by Crippen LogP contribution is -2.27. The number of carbonyl (C=O) groups is 1. The van der Waals surface area contributed by atoms with Crippen LogP contribution in [0, 0.1) is 0 Å². The van der Waals surface area contributed by atoms with E-state index in [9.17, 15) is 15.0 Å². The fourth-order valence-electron chi connectivity index (χ4n) is 2.74. The summed E-state index contributed by atoms with van der Waals surface area (Å²) in [5.74, 6) is -0.670. The van der Waals surface area contributed by atoms with E-state index in [0.29, 0.717) is 0 Å². The topological polar surface area (TPSA) is 95.6 Å². The van der Waals surface area contributed by atoms with Crippen LogP contribution >= 0.6 is 0 Å². The molecule has 1 atom stereocenters. The summed E-state index contributed by atoms with van der Waals surface area (Å²) < 4.78 is 0. The number of nitrogens with two attached hydrogens (primary N) is 1. The highest BCUT2D eigenvalue weighted by molar-refractivity contribution is 5.97. The summed E-state index contributed by atoms with van der Waals surface area (Å²) >= 11 is 0. The van der Waals surface area contributed by atoms with Crippen molar-refractivity contribution in [2.75, 3.05) is 5.73 Å². The number of anilines is 1. The maximum absolute atomic E-state index is 12.2. The number of amides is 1. The van der Waals surface area contributed by atoms with Gasteiger partial charge in [0.1, 0.15) is 11.5 Å². The van der Waals surface area contributed by atoms with Crippen LogP contribution in [0.5, 0.6) is 11.5 Å². The average molecular weight is 284 g/mol. The van der Waals surface area contributed by atoms with E-state index in [0.717, 1.165) is 35.7 Å². The van der Waals surface area contributed by atoms with E-state index >= 15 is 0 Å². The standard InChI is InChI=1S/C16H16N2O3/c17-10-2-4-12-9(7-10)1-6-14(12)18-16(21)13-5-3-11(19)8-15(13)20/h2-5,7-8,14,19-20H,1,6,17H2,(H,18,21). The Bertz CT molecular complexity index is 713. The molecule has 0 radical (unpaired) electrons. The van der Waals surface area contributed by atoms with Gasteiger partial charge in [-0.2, -0.15) is 0 Å². The predicted octanol–water partition coefficient (Wildman–Crippen LogP) is 2.10. The Morgan fingerprint density at radius 3 is 2.76 bits per heavy atom. The SMILES string of the molecule is Nc1ccc2c(c1)CCC2NC(=O)c1ccc(O)cc1O. The molecule has 1 unspecified atom stereocenters. The molecule has 1 aliphatic carbocycles. The van der Waals surface area contributed by atoms with Gasteiger partial charge in [0, 0.05) is 11.8 Å². The van der Waals surface area contributed by atoms with E-state index in [-0.39, 0.29) is 29.0 Å². The number of phenols is 2. The molecule has 0 spiro atoms. The summed E-state index contributed by atoms with van der Waals surface area (Å²) in [6, 6.07) is 9.52. The first-order valence-electron chi connectivity index (χ1n) is 6.76. The maximum atomic E-state index is 12.2. The second-order valence-corrected chi connectivity index (χ2v) is 5.22. The van der Waals surface area contributed by atoms with Crippen LogP contribution in [0.3, 0.4) is 0 Å². The largest absolute Gasteiger partial charge is 0.508 e. The quantitative estimate of drug-likeness (QED) is 0.635. The molecule has 0 aromatic heterocycles. The molecule has 108 valence electrons. The van der Waals surface area contributed by atoms with Crippen LogP contribution in [-0.4, -0.2) is 16.1 Å². The molecule has 21 heavy (non-hydrogen) atoms. The molecule has 1 amide bonds. The second-order valence-electron chi connectivity index (χ2n) is 5.22. The zero-order valence-corrected chi connectivity index (χ0v) is 11.3. The summed E-state index contributed by atoms with van der Waals surface area (Å²) in [6.45, 7) is 0. The Hall–Kier alpha value is -2.69. The van der Waals surface area contributed by atoms with Crippen molar-refractivity contribution in [1.29, 1.82) is 0 Å². The van der Waals surface area contributed by atoms with Crippen molar-refractivity contribution in [3.05, 3.63) is 53.1 Å². The van der Waals surface area contributed by atoms with Gasteiger partial charge in [0.15, 0.2) is 0 Å².